The minimum Gasteiger partial charge on any atom is -0.489 e. The summed E-state index contributed by atoms with van der Waals surface area (Å²) in [4.78, 5) is 4.03. The van der Waals surface area contributed by atoms with Gasteiger partial charge in [-0.3, -0.25) is 10.4 Å². The zero-order valence-corrected chi connectivity index (χ0v) is 12.7. The lowest BCUT2D eigenvalue weighted by Crippen LogP contribution is -2.13. The number of nitrogens with zero attached hydrogens (tertiary/aromatic N) is 1. The highest BCUT2D eigenvalue weighted by molar-refractivity contribution is 5.93. The Morgan fingerprint density at radius 2 is 2.05 bits per heavy atom. The zero-order chi connectivity index (χ0) is 15.4. The second kappa shape index (κ2) is 6.39. The number of nitrogens with one attached hydrogen (secondary N) is 1. The summed E-state index contributed by atoms with van der Waals surface area (Å²) in [6.45, 7) is 6.90. The average Bonchev–Trinajstić information content (AvgIpc) is 2.45. The van der Waals surface area contributed by atoms with Crippen LogP contribution >= 0.6 is 0 Å². The van der Waals surface area contributed by atoms with Crippen molar-refractivity contribution in [2.45, 2.75) is 33.3 Å². The van der Waals surface area contributed by atoms with Crippen LogP contribution in [0.3, 0.4) is 0 Å². The molecule has 4 nitrogen and oxygen atoms in total. The third-order valence-electron chi connectivity index (χ3n) is 3.37. The van der Waals surface area contributed by atoms with Gasteiger partial charge < -0.3 is 10.5 Å². The molecule has 0 unspecified atom stereocenters. The Bertz CT molecular complexity index is 650. The summed E-state index contributed by atoms with van der Waals surface area (Å²) in [6.07, 6.45) is 1.64. The SMILES string of the molecule is Cc1cc(OCc2ccnc(C(=N)N)c2)ccc1C(C)C. The molecule has 0 fully saturated rings. The smallest absolute Gasteiger partial charge is 0.141 e. The molecule has 4 heteroatoms. The van der Waals surface area contributed by atoms with Crippen molar-refractivity contribution in [3.05, 3.63) is 58.9 Å². The molecule has 0 saturated heterocycles. The third kappa shape index (κ3) is 3.81. The number of pyridine rings is 1. The number of aromatic nitrogens is 1. The summed E-state index contributed by atoms with van der Waals surface area (Å²) in [6, 6.07) is 9.81. The molecular formula is C17H21N3O. The normalized spacial score (nSPS) is 10.7. The molecule has 1 aromatic heterocycles. The van der Waals surface area contributed by atoms with E-state index in [0.717, 1.165) is 11.3 Å². The van der Waals surface area contributed by atoms with Crippen LogP contribution in [0.5, 0.6) is 5.75 Å². The molecule has 1 aromatic carbocycles. The van der Waals surface area contributed by atoms with Crippen molar-refractivity contribution >= 4 is 5.84 Å². The monoisotopic (exact) mass is 283 g/mol. The fourth-order valence-corrected chi connectivity index (χ4v) is 2.26. The van der Waals surface area contributed by atoms with E-state index >= 15 is 0 Å². The number of amidine groups is 1. The van der Waals surface area contributed by atoms with E-state index in [-0.39, 0.29) is 5.84 Å². The van der Waals surface area contributed by atoms with Gasteiger partial charge in [0.25, 0.3) is 0 Å². The Balaban J connectivity index is 2.08. The standard InChI is InChI=1S/C17H21N3O/c1-11(2)15-5-4-14(8-12(15)3)21-10-13-6-7-20-16(9-13)17(18)19/h4-9,11H,10H2,1-3H3,(H3,18,19). The van der Waals surface area contributed by atoms with Gasteiger partial charge in [-0.05, 0) is 53.8 Å². The Hall–Kier alpha value is -2.36. The molecule has 3 N–H and O–H groups in total. The van der Waals surface area contributed by atoms with Gasteiger partial charge in [0.1, 0.15) is 23.9 Å². The minimum atomic E-state index is -0.0334. The molecule has 0 aliphatic carbocycles. The third-order valence-corrected chi connectivity index (χ3v) is 3.37. The molecule has 0 spiro atoms. The maximum atomic E-state index is 7.39. The van der Waals surface area contributed by atoms with Crippen molar-refractivity contribution < 1.29 is 4.74 Å². The second-order valence-corrected chi connectivity index (χ2v) is 5.42. The Morgan fingerprint density at radius 3 is 2.67 bits per heavy atom. The van der Waals surface area contributed by atoms with Crippen LogP contribution in [0.1, 0.15) is 42.1 Å². The lowest BCUT2D eigenvalue weighted by Gasteiger charge is -2.12. The van der Waals surface area contributed by atoms with Crippen molar-refractivity contribution in [3.8, 4) is 5.75 Å². The van der Waals surface area contributed by atoms with Crippen LogP contribution in [0.2, 0.25) is 0 Å². The fourth-order valence-electron chi connectivity index (χ4n) is 2.26. The number of benzene rings is 1. The van der Waals surface area contributed by atoms with Crippen LogP contribution in [-0.2, 0) is 6.61 Å². The van der Waals surface area contributed by atoms with E-state index in [1.165, 1.54) is 11.1 Å². The number of hydrogen-bond acceptors (Lipinski definition) is 3. The predicted octanol–water partition coefficient (Wildman–Crippen LogP) is 3.38. The minimum absolute atomic E-state index is 0.0334. The highest BCUT2D eigenvalue weighted by Crippen LogP contribution is 2.24. The Kier molecular flexibility index (Phi) is 4.58. The number of rotatable bonds is 5. The van der Waals surface area contributed by atoms with E-state index in [1.807, 2.05) is 12.1 Å². The van der Waals surface area contributed by atoms with Crippen molar-refractivity contribution in [1.82, 2.24) is 4.98 Å². The van der Waals surface area contributed by atoms with E-state index in [9.17, 15) is 0 Å². The van der Waals surface area contributed by atoms with Gasteiger partial charge in [0.05, 0.1) is 0 Å². The van der Waals surface area contributed by atoms with E-state index in [2.05, 4.69) is 37.9 Å². The first-order chi connectivity index (χ1) is 9.97. The van der Waals surface area contributed by atoms with Crippen LogP contribution in [0.25, 0.3) is 0 Å². The molecular weight excluding hydrogens is 262 g/mol. The van der Waals surface area contributed by atoms with Crippen LogP contribution in [0.15, 0.2) is 36.5 Å². The quantitative estimate of drug-likeness (QED) is 0.652. The number of nitrogens with two attached hydrogens (primary N) is 1. The van der Waals surface area contributed by atoms with Gasteiger partial charge in [-0.25, -0.2) is 0 Å². The molecule has 2 aromatic rings. The summed E-state index contributed by atoms with van der Waals surface area (Å²) in [7, 11) is 0. The maximum Gasteiger partial charge on any atom is 0.141 e. The lowest BCUT2D eigenvalue weighted by molar-refractivity contribution is 0.305. The van der Waals surface area contributed by atoms with Gasteiger partial charge in [-0.15, -0.1) is 0 Å². The van der Waals surface area contributed by atoms with Crippen molar-refractivity contribution in [2.24, 2.45) is 5.73 Å². The molecule has 0 bridgehead atoms. The van der Waals surface area contributed by atoms with Crippen LogP contribution < -0.4 is 10.5 Å². The Labute approximate surface area is 125 Å². The van der Waals surface area contributed by atoms with Crippen molar-refractivity contribution in [3.63, 3.8) is 0 Å². The maximum absolute atomic E-state index is 7.39. The number of ether oxygens (including phenoxy) is 1. The largest absolute Gasteiger partial charge is 0.489 e. The molecule has 2 rings (SSSR count). The molecule has 0 aliphatic heterocycles. The molecule has 0 amide bonds. The van der Waals surface area contributed by atoms with Crippen LogP contribution in [0, 0.1) is 12.3 Å². The van der Waals surface area contributed by atoms with Crippen molar-refractivity contribution in [1.29, 1.82) is 5.41 Å². The summed E-state index contributed by atoms with van der Waals surface area (Å²) in [5, 5.41) is 7.39. The van der Waals surface area contributed by atoms with Gasteiger partial charge in [0.15, 0.2) is 0 Å². The highest BCUT2D eigenvalue weighted by atomic mass is 16.5. The van der Waals surface area contributed by atoms with Gasteiger partial charge in [0, 0.05) is 6.20 Å². The van der Waals surface area contributed by atoms with E-state index < -0.39 is 0 Å². The summed E-state index contributed by atoms with van der Waals surface area (Å²) in [5.41, 5.74) is 9.43. The summed E-state index contributed by atoms with van der Waals surface area (Å²) < 4.78 is 5.80. The first-order valence-electron chi connectivity index (χ1n) is 7.00. The van der Waals surface area contributed by atoms with Gasteiger partial charge in [-0.1, -0.05) is 19.9 Å². The van der Waals surface area contributed by atoms with Gasteiger partial charge >= 0.3 is 0 Å². The predicted molar refractivity (Wildman–Crippen MR) is 84.9 cm³/mol. The molecule has 0 radical (unpaired) electrons. The number of nitrogen functional groups attached to an aromatic ring is 1. The van der Waals surface area contributed by atoms with Crippen LogP contribution in [0.4, 0.5) is 0 Å². The fraction of sp³-hybridized carbons (Fsp3) is 0.294. The molecule has 21 heavy (non-hydrogen) atoms. The van der Waals surface area contributed by atoms with Crippen molar-refractivity contribution in [2.75, 3.05) is 0 Å². The summed E-state index contributed by atoms with van der Waals surface area (Å²) in [5.74, 6) is 1.32. The highest BCUT2D eigenvalue weighted by Gasteiger charge is 2.05. The number of hydrogen-bond donors (Lipinski definition) is 2. The molecule has 110 valence electrons. The summed E-state index contributed by atoms with van der Waals surface area (Å²) >= 11 is 0. The Morgan fingerprint density at radius 1 is 1.29 bits per heavy atom. The van der Waals surface area contributed by atoms with Gasteiger partial charge in [-0.2, -0.15) is 0 Å². The molecule has 0 atom stereocenters. The lowest BCUT2D eigenvalue weighted by atomic mass is 9.98. The molecule has 0 saturated carbocycles. The first-order valence-corrected chi connectivity index (χ1v) is 7.00. The second-order valence-electron chi connectivity index (χ2n) is 5.42. The number of aryl methyl sites for hydroxylation is 1. The molecule has 1 heterocycles. The first kappa shape index (κ1) is 15.0. The van der Waals surface area contributed by atoms with E-state index in [0.29, 0.717) is 18.2 Å². The zero-order valence-electron chi connectivity index (χ0n) is 12.7. The topological polar surface area (TPSA) is 72.0 Å². The van der Waals surface area contributed by atoms with Gasteiger partial charge in [0.2, 0.25) is 0 Å². The van der Waals surface area contributed by atoms with Crippen LogP contribution in [-0.4, -0.2) is 10.8 Å². The average molecular weight is 283 g/mol. The molecule has 0 aliphatic rings. The van der Waals surface area contributed by atoms with E-state index in [1.54, 1.807) is 12.3 Å². The van der Waals surface area contributed by atoms with E-state index in [4.69, 9.17) is 15.9 Å².